The van der Waals surface area contributed by atoms with Crippen LogP contribution < -0.4 is 0 Å². The highest BCUT2D eigenvalue weighted by Crippen LogP contribution is 2.23. The highest BCUT2D eigenvalue weighted by atomic mass is 32.2. The Labute approximate surface area is 159 Å². The van der Waals surface area contributed by atoms with Gasteiger partial charge in [0.2, 0.25) is 0 Å². The third-order valence-corrected chi connectivity index (χ3v) is 4.54. The molecule has 0 fully saturated rings. The summed E-state index contributed by atoms with van der Waals surface area (Å²) in [6, 6.07) is 17.4. The van der Waals surface area contributed by atoms with Crippen molar-refractivity contribution < 1.29 is 15.0 Å². The minimum Gasteiger partial charge on any atom is -0.508 e. The molecule has 27 heavy (non-hydrogen) atoms. The lowest BCUT2D eigenvalue weighted by Gasteiger charge is -1.99. The van der Waals surface area contributed by atoms with Crippen LogP contribution in [0.1, 0.15) is 15.9 Å². The number of phenolic OH excluding ortho intramolecular Hbond substituents is 1. The number of nitrogens with one attached hydrogen (secondary N) is 1. The highest BCUT2D eigenvalue weighted by Gasteiger charge is 2.03. The number of aromatic amines is 1. The number of hydrogen-bond donors (Lipinski definition) is 3. The number of benzene rings is 2. The maximum absolute atomic E-state index is 10.2. The summed E-state index contributed by atoms with van der Waals surface area (Å²) in [5.74, 6) is 0.224. The zero-order valence-corrected chi connectivity index (χ0v) is 15.1. The van der Waals surface area contributed by atoms with Gasteiger partial charge in [0.25, 0.3) is 0 Å². The molecule has 0 atom stereocenters. The fourth-order valence-electron chi connectivity index (χ4n) is 2.23. The Morgan fingerprint density at radius 2 is 1.78 bits per heavy atom. The van der Waals surface area contributed by atoms with E-state index in [1.807, 2.05) is 18.2 Å². The number of aromatic hydroxyl groups is 1. The summed E-state index contributed by atoms with van der Waals surface area (Å²) < 4.78 is 0. The van der Waals surface area contributed by atoms with Gasteiger partial charge in [0, 0.05) is 11.9 Å². The van der Waals surface area contributed by atoms with E-state index < -0.39 is 5.97 Å². The molecule has 6 nitrogen and oxygen atoms in total. The van der Waals surface area contributed by atoms with Crippen LogP contribution in [0.3, 0.4) is 0 Å². The topological polar surface area (TPSA) is 99.1 Å². The number of carboxylic acid groups (broad SMARTS) is 1. The molecule has 4 aromatic rings. The molecule has 0 spiro atoms. The van der Waals surface area contributed by atoms with E-state index in [9.17, 15) is 9.90 Å². The van der Waals surface area contributed by atoms with E-state index in [0.717, 1.165) is 27.5 Å². The summed E-state index contributed by atoms with van der Waals surface area (Å²) in [6.07, 6.45) is 3.50. The van der Waals surface area contributed by atoms with Crippen LogP contribution in [0.15, 0.2) is 78.2 Å². The summed E-state index contributed by atoms with van der Waals surface area (Å²) in [4.78, 5) is 21.9. The van der Waals surface area contributed by atoms with E-state index in [1.54, 1.807) is 66.6 Å². The van der Waals surface area contributed by atoms with Gasteiger partial charge in [-0.15, -0.1) is 0 Å². The summed E-state index contributed by atoms with van der Waals surface area (Å²) in [6.45, 7) is 0. The number of thioether (sulfide) groups is 1. The molecule has 2 aromatic carbocycles. The predicted octanol–water partition coefficient (Wildman–Crippen LogP) is 4.34. The second-order valence-corrected chi connectivity index (χ2v) is 6.53. The number of fused-ring (bicyclic) bond motifs is 1. The largest absolute Gasteiger partial charge is 0.508 e. The Bertz CT molecular complexity index is 985. The van der Waals surface area contributed by atoms with Crippen LogP contribution in [0, 0.1) is 0 Å². The number of rotatable bonds is 4. The van der Waals surface area contributed by atoms with Crippen LogP contribution in [0.5, 0.6) is 5.75 Å². The van der Waals surface area contributed by atoms with Gasteiger partial charge in [-0.1, -0.05) is 42.1 Å². The van der Waals surface area contributed by atoms with Gasteiger partial charge in [0.15, 0.2) is 5.16 Å². The summed E-state index contributed by atoms with van der Waals surface area (Å²) >= 11 is 1.63. The van der Waals surface area contributed by atoms with E-state index in [1.165, 1.54) is 0 Å². The Morgan fingerprint density at radius 3 is 2.41 bits per heavy atom. The molecule has 0 bridgehead atoms. The normalized spacial score (nSPS) is 10.2. The molecule has 0 saturated heterocycles. The molecule has 0 saturated carbocycles. The third-order valence-electron chi connectivity index (χ3n) is 3.59. The Hall–Kier alpha value is -3.32. The van der Waals surface area contributed by atoms with Crippen molar-refractivity contribution in [3.63, 3.8) is 0 Å². The average molecular weight is 379 g/mol. The smallest absolute Gasteiger partial charge is 0.335 e. The molecule has 7 heteroatoms. The summed E-state index contributed by atoms with van der Waals surface area (Å²) in [5.41, 5.74) is 3.36. The fraction of sp³-hybridized carbons (Fsp3) is 0.0500. The van der Waals surface area contributed by atoms with Gasteiger partial charge in [0.1, 0.15) is 5.75 Å². The summed E-state index contributed by atoms with van der Waals surface area (Å²) in [5, 5.41) is 18.5. The SMILES string of the molecule is O=C(O)c1ccccc1.Oc1ccc(CSc2nc3ccncc3[nH]2)cc1. The number of phenols is 1. The average Bonchev–Trinajstić information content (AvgIpc) is 3.12. The summed E-state index contributed by atoms with van der Waals surface area (Å²) in [7, 11) is 0. The van der Waals surface area contributed by atoms with Crippen molar-refractivity contribution in [3.8, 4) is 5.75 Å². The molecule has 0 aliphatic heterocycles. The third kappa shape index (κ3) is 5.32. The molecule has 0 radical (unpaired) electrons. The maximum Gasteiger partial charge on any atom is 0.335 e. The molecular weight excluding hydrogens is 362 g/mol. The zero-order chi connectivity index (χ0) is 19.1. The van der Waals surface area contributed by atoms with Crippen molar-refractivity contribution in [2.45, 2.75) is 10.9 Å². The standard InChI is InChI=1S/C13H11N3OS.C7H6O2/c17-10-3-1-9(2-4-10)8-18-13-15-11-5-6-14-7-12(11)16-13;8-7(9)6-4-2-1-3-5-6/h1-7,17H,8H2,(H,15,16);1-5H,(H,8,9). The van der Waals surface area contributed by atoms with E-state index in [0.29, 0.717) is 11.3 Å². The molecule has 136 valence electrons. The van der Waals surface area contributed by atoms with Crippen molar-refractivity contribution in [2.24, 2.45) is 0 Å². The number of carbonyl (C=O) groups is 1. The van der Waals surface area contributed by atoms with E-state index in [-0.39, 0.29) is 0 Å². The lowest BCUT2D eigenvalue weighted by atomic mass is 10.2. The van der Waals surface area contributed by atoms with Crippen LogP contribution in [0.2, 0.25) is 0 Å². The quantitative estimate of drug-likeness (QED) is 0.456. The highest BCUT2D eigenvalue weighted by molar-refractivity contribution is 7.98. The second kappa shape index (κ2) is 8.86. The van der Waals surface area contributed by atoms with Gasteiger partial charge in [-0.05, 0) is 35.9 Å². The number of hydrogen-bond acceptors (Lipinski definition) is 5. The monoisotopic (exact) mass is 379 g/mol. The number of imidazole rings is 1. The van der Waals surface area contributed by atoms with Crippen LogP contribution in [0.25, 0.3) is 11.0 Å². The number of aromatic nitrogens is 3. The number of carboxylic acids is 1. The van der Waals surface area contributed by atoms with Gasteiger partial charge >= 0.3 is 5.97 Å². The van der Waals surface area contributed by atoms with Crippen molar-refractivity contribution in [3.05, 3.63) is 84.2 Å². The van der Waals surface area contributed by atoms with Gasteiger partial charge in [0.05, 0.1) is 22.8 Å². The Morgan fingerprint density at radius 1 is 1.04 bits per heavy atom. The maximum atomic E-state index is 10.2. The first-order valence-electron chi connectivity index (χ1n) is 8.10. The fourth-order valence-corrected chi connectivity index (χ4v) is 3.07. The molecule has 2 heterocycles. The van der Waals surface area contributed by atoms with Gasteiger partial charge in [-0.3, -0.25) is 4.98 Å². The van der Waals surface area contributed by atoms with E-state index in [4.69, 9.17) is 5.11 Å². The van der Waals surface area contributed by atoms with Crippen LogP contribution in [-0.2, 0) is 5.75 Å². The van der Waals surface area contributed by atoms with Crippen LogP contribution >= 0.6 is 11.8 Å². The van der Waals surface area contributed by atoms with Crippen molar-refractivity contribution in [2.75, 3.05) is 0 Å². The lowest BCUT2D eigenvalue weighted by Crippen LogP contribution is -1.93. The second-order valence-electron chi connectivity index (χ2n) is 5.56. The molecular formula is C20H17N3O3S. The zero-order valence-electron chi connectivity index (χ0n) is 14.2. The molecule has 0 aliphatic carbocycles. The first-order valence-corrected chi connectivity index (χ1v) is 9.09. The number of H-pyrrole nitrogens is 1. The van der Waals surface area contributed by atoms with E-state index >= 15 is 0 Å². The molecule has 0 unspecified atom stereocenters. The van der Waals surface area contributed by atoms with Crippen molar-refractivity contribution in [1.82, 2.24) is 15.0 Å². The molecule has 3 N–H and O–H groups in total. The van der Waals surface area contributed by atoms with Gasteiger partial charge < -0.3 is 15.2 Å². The van der Waals surface area contributed by atoms with Crippen LogP contribution in [0.4, 0.5) is 0 Å². The van der Waals surface area contributed by atoms with E-state index in [2.05, 4.69) is 15.0 Å². The Kier molecular flexibility index (Phi) is 6.06. The predicted molar refractivity (Wildman–Crippen MR) is 105 cm³/mol. The van der Waals surface area contributed by atoms with Gasteiger partial charge in [-0.25, -0.2) is 9.78 Å². The molecule has 0 amide bonds. The van der Waals surface area contributed by atoms with Crippen LogP contribution in [-0.4, -0.2) is 31.1 Å². The number of pyridine rings is 1. The minimum absolute atomic E-state index is 0.290. The van der Waals surface area contributed by atoms with Crippen molar-refractivity contribution >= 4 is 28.8 Å². The van der Waals surface area contributed by atoms with Gasteiger partial charge in [-0.2, -0.15) is 0 Å². The molecule has 4 rings (SSSR count). The van der Waals surface area contributed by atoms with Crippen molar-refractivity contribution in [1.29, 1.82) is 0 Å². The number of aromatic carboxylic acids is 1. The first kappa shape index (κ1) is 18.5. The minimum atomic E-state index is -0.879. The molecule has 0 aliphatic rings. The Balaban J connectivity index is 0.000000197. The first-order chi connectivity index (χ1) is 13.1. The lowest BCUT2D eigenvalue weighted by molar-refractivity contribution is 0.0697. The number of nitrogens with zero attached hydrogens (tertiary/aromatic N) is 2. The molecule has 2 aromatic heterocycles.